The highest BCUT2D eigenvalue weighted by Crippen LogP contribution is 2.31. The first-order valence-electron chi connectivity index (χ1n) is 9.13. The van der Waals surface area contributed by atoms with Crippen molar-refractivity contribution in [3.8, 4) is 5.75 Å². The van der Waals surface area contributed by atoms with Crippen molar-refractivity contribution in [3.05, 3.63) is 50.9 Å². The smallest absolute Gasteiger partial charge is 0.277 e. The Morgan fingerprint density at radius 1 is 1.07 bits per heavy atom. The first kappa shape index (κ1) is 23.9. The van der Waals surface area contributed by atoms with Crippen LogP contribution in [0.2, 0.25) is 0 Å². The molecule has 0 aromatic heterocycles. The van der Waals surface area contributed by atoms with Gasteiger partial charge in [0.25, 0.3) is 5.91 Å². The third-order valence-electron chi connectivity index (χ3n) is 4.03. The maximum Gasteiger partial charge on any atom is 0.277 e. The first-order chi connectivity index (χ1) is 14.2. The van der Waals surface area contributed by atoms with Gasteiger partial charge >= 0.3 is 0 Å². The Hall–Kier alpha value is -2.39. The Labute approximate surface area is 193 Å². The van der Waals surface area contributed by atoms with Gasteiger partial charge in [0.15, 0.2) is 6.61 Å². The quantitative estimate of drug-likeness (QED) is 0.382. The van der Waals surface area contributed by atoms with Crippen LogP contribution in [0.3, 0.4) is 0 Å². The summed E-state index contributed by atoms with van der Waals surface area (Å²) in [5.74, 6) is -0.0682. The number of rotatable bonds is 8. The van der Waals surface area contributed by atoms with E-state index >= 15 is 0 Å². The van der Waals surface area contributed by atoms with Crippen LogP contribution in [0.5, 0.6) is 5.75 Å². The van der Waals surface area contributed by atoms with Gasteiger partial charge in [-0.1, -0.05) is 15.9 Å². The van der Waals surface area contributed by atoms with E-state index in [-0.39, 0.29) is 18.9 Å². The van der Waals surface area contributed by atoms with Crippen LogP contribution in [0, 0.1) is 6.92 Å². The summed E-state index contributed by atoms with van der Waals surface area (Å²) in [5.41, 5.74) is 5.61. The lowest BCUT2D eigenvalue weighted by atomic mass is 10.2. The molecule has 9 heteroatoms. The molecule has 2 N–H and O–H groups in total. The molecule has 0 radical (unpaired) electrons. The zero-order valence-electron chi connectivity index (χ0n) is 17.3. The van der Waals surface area contributed by atoms with Crippen molar-refractivity contribution in [3.63, 3.8) is 0 Å². The molecule has 0 unspecified atom stereocenters. The van der Waals surface area contributed by atoms with Crippen molar-refractivity contribution in [2.75, 3.05) is 30.9 Å². The van der Waals surface area contributed by atoms with Gasteiger partial charge in [-0.3, -0.25) is 9.59 Å². The van der Waals surface area contributed by atoms with Crippen LogP contribution in [0.15, 0.2) is 50.4 Å². The highest BCUT2D eigenvalue weighted by Gasteiger charge is 2.09. The molecule has 2 aromatic rings. The highest BCUT2D eigenvalue weighted by molar-refractivity contribution is 9.11. The second kappa shape index (κ2) is 11.1. The number of hydrazone groups is 1. The molecule has 0 bridgehead atoms. The summed E-state index contributed by atoms with van der Waals surface area (Å²) in [6.07, 6.45) is 0.0635. The fourth-order valence-corrected chi connectivity index (χ4v) is 3.50. The largest absolute Gasteiger partial charge is 0.483 e. The highest BCUT2D eigenvalue weighted by atomic mass is 79.9. The fourth-order valence-electron chi connectivity index (χ4n) is 2.39. The Morgan fingerprint density at radius 3 is 2.37 bits per heavy atom. The fraction of sp³-hybridized carbons (Fsp3) is 0.286. The molecule has 0 saturated heterocycles. The Balaban J connectivity index is 1.80. The molecule has 2 amide bonds. The van der Waals surface area contributed by atoms with Crippen LogP contribution < -0.4 is 20.4 Å². The van der Waals surface area contributed by atoms with Crippen molar-refractivity contribution in [1.29, 1.82) is 0 Å². The van der Waals surface area contributed by atoms with Crippen molar-refractivity contribution < 1.29 is 14.3 Å². The van der Waals surface area contributed by atoms with Gasteiger partial charge in [-0.25, -0.2) is 5.43 Å². The number of benzene rings is 2. The number of hydrogen-bond donors (Lipinski definition) is 2. The minimum atomic E-state index is -0.415. The molecular weight excluding hydrogens is 516 g/mol. The topological polar surface area (TPSA) is 83.0 Å². The normalized spacial score (nSPS) is 11.1. The summed E-state index contributed by atoms with van der Waals surface area (Å²) < 4.78 is 7.20. The number of anilines is 2. The van der Waals surface area contributed by atoms with Gasteiger partial charge in [0.1, 0.15) is 5.75 Å². The van der Waals surface area contributed by atoms with Crippen LogP contribution in [0.1, 0.15) is 18.9 Å². The summed E-state index contributed by atoms with van der Waals surface area (Å²) in [4.78, 5) is 26.1. The summed E-state index contributed by atoms with van der Waals surface area (Å²) in [5, 5.41) is 6.76. The number of aryl methyl sites for hydroxylation is 1. The second-order valence-corrected chi connectivity index (χ2v) is 8.58. The van der Waals surface area contributed by atoms with Crippen molar-refractivity contribution >= 4 is 60.8 Å². The molecule has 0 aliphatic heterocycles. The lowest BCUT2D eigenvalue weighted by molar-refractivity contribution is -0.123. The molecule has 2 rings (SSSR count). The van der Waals surface area contributed by atoms with E-state index in [0.717, 1.165) is 20.2 Å². The predicted molar refractivity (Wildman–Crippen MR) is 127 cm³/mol. The average Bonchev–Trinajstić information content (AvgIpc) is 2.68. The number of halogens is 2. The molecule has 0 fully saturated rings. The number of hydrogen-bond acceptors (Lipinski definition) is 5. The van der Waals surface area contributed by atoms with E-state index in [1.807, 2.05) is 62.3 Å². The number of nitrogens with zero attached hydrogens (tertiary/aromatic N) is 2. The Kier molecular flexibility index (Phi) is 8.86. The van der Waals surface area contributed by atoms with Gasteiger partial charge in [0, 0.05) is 35.7 Å². The van der Waals surface area contributed by atoms with Gasteiger partial charge in [0.2, 0.25) is 5.91 Å². The van der Waals surface area contributed by atoms with Gasteiger partial charge in [-0.2, -0.15) is 5.10 Å². The number of amides is 2. The van der Waals surface area contributed by atoms with Crippen molar-refractivity contribution in [2.45, 2.75) is 20.3 Å². The summed E-state index contributed by atoms with van der Waals surface area (Å²) in [6.45, 7) is 3.41. The van der Waals surface area contributed by atoms with Crippen LogP contribution >= 0.6 is 31.9 Å². The molecule has 0 heterocycles. The molecule has 2 aromatic carbocycles. The van der Waals surface area contributed by atoms with Crippen LogP contribution in [0.25, 0.3) is 0 Å². The third kappa shape index (κ3) is 7.46. The molecule has 7 nitrogen and oxygen atoms in total. The standard InChI is InChI=1S/C21H24Br2N4O3/c1-13-9-19(18(23)11-17(13)22)30-12-21(29)26-25-14(2)10-20(28)24-15-5-7-16(8-6-15)27(3)4/h5-9,11H,10,12H2,1-4H3,(H,24,28)(H,26,29). The average molecular weight is 540 g/mol. The summed E-state index contributed by atoms with van der Waals surface area (Å²) in [7, 11) is 3.90. The monoisotopic (exact) mass is 538 g/mol. The second-order valence-electron chi connectivity index (χ2n) is 6.87. The number of ether oxygens (including phenoxy) is 1. The van der Waals surface area contributed by atoms with Gasteiger partial charge in [0.05, 0.1) is 10.9 Å². The number of carbonyl (C=O) groups excluding carboxylic acids is 2. The molecule has 0 aliphatic rings. The molecule has 0 spiro atoms. The van der Waals surface area contributed by atoms with Crippen molar-refractivity contribution in [1.82, 2.24) is 5.43 Å². The van der Waals surface area contributed by atoms with Gasteiger partial charge in [-0.05, 0) is 71.7 Å². The zero-order chi connectivity index (χ0) is 22.3. The molecule has 0 saturated carbocycles. The SMILES string of the molecule is CC(CC(=O)Nc1ccc(N(C)C)cc1)=NNC(=O)COc1cc(C)c(Br)cc1Br. The molecular formula is C21H24Br2N4O3. The molecule has 160 valence electrons. The van der Waals surface area contributed by atoms with E-state index in [2.05, 4.69) is 47.7 Å². The summed E-state index contributed by atoms with van der Waals surface area (Å²) in [6, 6.07) is 11.2. The minimum Gasteiger partial charge on any atom is -0.483 e. The van der Waals surface area contributed by atoms with E-state index in [1.54, 1.807) is 6.92 Å². The van der Waals surface area contributed by atoms with E-state index in [4.69, 9.17) is 4.74 Å². The molecule has 30 heavy (non-hydrogen) atoms. The van der Waals surface area contributed by atoms with Crippen LogP contribution in [0.4, 0.5) is 11.4 Å². The Bertz CT molecular complexity index is 944. The van der Waals surface area contributed by atoms with E-state index in [0.29, 0.717) is 17.1 Å². The van der Waals surface area contributed by atoms with Gasteiger partial charge in [-0.15, -0.1) is 0 Å². The summed E-state index contributed by atoms with van der Waals surface area (Å²) >= 11 is 6.83. The maximum atomic E-state index is 12.1. The van der Waals surface area contributed by atoms with E-state index in [9.17, 15) is 9.59 Å². The first-order valence-corrected chi connectivity index (χ1v) is 10.7. The zero-order valence-corrected chi connectivity index (χ0v) is 20.4. The lowest BCUT2D eigenvalue weighted by Crippen LogP contribution is -2.26. The Morgan fingerprint density at radius 2 is 1.73 bits per heavy atom. The third-order valence-corrected chi connectivity index (χ3v) is 5.50. The van der Waals surface area contributed by atoms with Gasteiger partial charge < -0.3 is 15.0 Å². The van der Waals surface area contributed by atoms with E-state index in [1.165, 1.54) is 0 Å². The molecule has 0 atom stereocenters. The lowest BCUT2D eigenvalue weighted by Gasteiger charge is -2.13. The number of nitrogens with one attached hydrogen (secondary N) is 2. The van der Waals surface area contributed by atoms with Crippen LogP contribution in [-0.4, -0.2) is 38.2 Å². The van der Waals surface area contributed by atoms with Crippen LogP contribution in [-0.2, 0) is 9.59 Å². The van der Waals surface area contributed by atoms with E-state index < -0.39 is 5.91 Å². The molecule has 0 aliphatic carbocycles. The number of carbonyl (C=O) groups is 2. The predicted octanol–water partition coefficient (Wildman–Crippen LogP) is 4.49. The minimum absolute atomic E-state index is 0.0635. The van der Waals surface area contributed by atoms with Crippen molar-refractivity contribution in [2.24, 2.45) is 5.10 Å². The maximum absolute atomic E-state index is 12.1.